The van der Waals surface area contributed by atoms with Crippen molar-refractivity contribution in [3.8, 4) is 0 Å². The molecule has 0 saturated heterocycles. The maximum absolute atomic E-state index is 12.6. The van der Waals surface area contributed by atoms with Gasteiger partial charge in [0, 0.05) is 35.0 Å². The molecule has 0 bridgehead atoms. The average molecular weight is 664 g/mol. The van der Waals surface area contributed by atoms with Gasteiger partial charge in [-0.05, 0) is 72.8 Å². The van der Waals surface area contributed by atoms with E-state index in [9.17, 15) is 31.1 Å². The van der Waals surface area contributed by atoms with Crippen LogP contribution in [-0.4, -0.2) is 62.1 Å². The molecule has 2 heterocycles. The molecule has 47 heavy (non-hydrogen) atoms. The Bertz CT molecular complexity index is 1640. The minimum atomic E-state index is -5.08. The van der Waals surface area contributed by atoms with E-state index in [-0.39, 0.29) is 17.6 Å². The summed E-state index contributed by atoms with van der Waals surface area (Å²) >= 11 is 0. The van der Waals surface area contributed by atoms with E-state index in [1.54, 1.807) is 85.2 Å². The van der Waals surface area contributed by atoms with Gasteiger partial charge in [0.1, 0.15) is 23.1 Å². The largest absolute Gasteiger partial charge is 0.490 e. The summed E-state index contributed by atoms with van der Waals surface area (Å²) < 4.78 is 63.5. The number of amidine groups is 2. The van der Waals surface area contributed by atoms with E-state index in [1.165, 1.54) is 0 Å². The van der Waals surface area contributed by atoms with Gasteiger partial charge in [-0.2, -0.15) is 26.3 Å². The van der Waals surface area contributed by atoms with Crippen LogP contribution in [0.25, 0.3) is 0 Å². The molecule has 0 spiro atoms. The van der Waals surface area contributed by atoms with E-state index in [0.29, 0.717) is 28.3 Å². The van der Waals surface area contributed by atoms with Crippen LogP contribution < -0.4 is 16.0 Å². The van der Waals surface area contributed by atoms with Crippen molar-refractivity contribution in [2.45, 2.75) is 12.4 Å². The summed E-state index contributed by atoms with van der Waals surface area (Å²) in [6.07, 6.45) is -6.90. The number of rotatable bonds is 6. The van der Waals surface area contributed by atoms with Crippen LogP contribution in [0.1, 0.15) is 21.7 Å². The van der Waals surface area contributed by atoms with Gasteiger partial charge in [-0.3, -0.25) is 25.6 Å². The third-order valence-electron chi connectivity index (χ3n) is 5.16. The Balaban J connectivity index is 0.000000459. The smallest absolute Gasteiger partial charge is 0.475 e. The summed E-state index contributed by atoms with van der Waals surface area (Å²) in [5.74, 6) is -5.39. The lowest BCUT2D eigenvalue weighted by atomic mass is 10.1. The summed E-state index contributed by atoms with van der Waals surface area (Å²) in [7, 11) is 0. The Hall–Kier alpha value is -6.33. The fraction of sp³-hybridized carbons (Fsp3) is 0.0690. The second kappa shape index (κ2) is 16.7. The first-order valence-corrected chi connectivity index (χ1v) is 12.6. The van der Waals surface area contributed by atoms with Gasteiger partial charge in [0.25, 0.3) is 5.91 Å². The maximum atomic E-state index is 12.6. The molecule has 0 unspecified atom stereocenters. The number of alkyl halides is 6. The zero-order chi connectivity index (χ0) is 35.2. The number of anilines is 3. The Labute approximate surface area is 261 Å². The minimum Gasteiger partial charge on any atom is -0.475 e. The van der Waals surface area contributed by atoms with Gasteiger partial charge >= 0.3 is 24.3 Å². The third-order valence-corrected chi connectivity index (χ3v) is 5.16. The molecular formula is C29H23F6N7O5. The standard InChI is InChI=1S/C25H21N7O.2C2HF3O2/c26-23(21-5-1-3-15-28-21)30-18-9-7-17(8-10-18)25(33)32-20-13-11-19(12-14-20)31-24(27)22-6-2-4-16-29-22;2*3-2(4,5)1(6)7/h1-16H,(H2,26,30)(H2,27,31)(H,32,33);2*(H,6,7). The fourth-order valence-electron chi connectivity index (χ4n) is 2.98. The first-order chi connectivity index (χ1) is 22.0. The number of carbonyl (C=O) groups excluding carboxylic acids is 1. The van der Waals surface area contributed by atoms with Crippen LogP contribution in [0.2, 0.25) is 0 Å². The van der Waals surface area contributed by atoms with E-state index in [1.807, 2.05) is 12.1 Å². The molecule has 0 aliphatic heterocycles. The van der Waals surface area contributed by atoms with Crippen molar-refractivity contribution in [3.63, 3.8) is 0 Å². The van der Waals surface area contributed by atoms with Gasteiger partial charge in [0.15, 0.2) is 0 Å². The van der Waals surface area contributed by atoms with E-state index < -0.39 is 24.3 Å². The molecule has 2 aromatic heterocycles. The molecule has 246 valence electrons. The predicted molar refractivity (Wildman–Crippen MR) is 158 cm³/mol. The van der Waals surface area contributed by atoms with E-state index >= 15 is 0 Å². The molecule has 2 aromatic carbocycles. The van der Waals surface area contributed by atoms with Crippen molar-refractivity contribution in [1.29, 1.82) is 10.8 Å². The van der Waals surface area contributed by atoms with Gasteiger partial charge < -0.3 is 26.2 Å². The average Bonchev–Trinajstić information content (AvgIpc) is 3.03. The van der Waals surface area contributed by atoms with Crippen LogP contribution >= 0.6 is 0 Å². The number of halogens is 6. The molecule has 12 nitrogen and oxygen atoms in total. The monoisotopic (exact) mass is 663 g/mol. The Morgan fingerprint density at radius 1 is 0.553 bits per heavy atom. The normalized spacial score (nSPS) is 10.5. The van der Waals surface area contributed by atoms with Crippen LogP contribution in [0.5, 0.6) is 0 Å². The summed E-state index contributed by atoms with van der Waals surface area (Å²) in [5.41, 5.74) is 3.61. The van der Waals surface area contributed by atoms with Crippen molar-refractivity contribution in [1.82, 2.24) is 9.97 Å². The highest BCUT2D eigenvalue weighted by atomic mass is 19.4. The van der Waals surface area contributed by atoms with Crippen molar-refractivity contribution < 1.29 is 50.9 Å². The van der Waals surface area contributed by atoms with Crippen molar-refractivity contribution in [3.05, 3.63) is 114 Å². The molecule has 4 aromatic rings. The molecular weight excluding hydrogens is 640 g/mol. The zero-order valence-electron chi connectivity index (χ0n) is 23.5. The first-order valence-electron chi connectivity index (χ1n) is 12.6. The number of hydrogen-bond acceptors (Lipinski definition) is 7. The highest BCUT2D eigenvalue weighted by Crippen LogP contribution is 2.17. The summed E-state index contributed by atoms with van der Waals surface area (Å²) in [4.78, 5) is 38.6. The van der Waals surface area contributed by atoms with E-state index in [4.69, 9.17) is 30.6 Å². The van der Waals surface area contributed by atoms with Gasteiger partial charge in [-0.1, -0.05) is 12.1 Å². The molecule has 0 saturated carbocycles. The number of nitrogens with one attached hydrogen (secondary N) is 5. The maximum Gasteiger partial charge on any atom is 0.490 e. The minimum absolute atomic E-state index is 0.178. The Morgan fingerprint density at radius 3 is 1.17 bits per heavy atom. The molecule has 0 radical (unpaired) electrons. The fourth-order valence-corrected chi connectivity index (χ4v) is 2.98. The Kier molecular flexibility index (Phi) is 13.1. The number of aliphatic carboxylic acids is 2. The first kappa shape index (κ1) is 36.9. The second-order valence-corrected chi connectivity index (χ2v) is 8.64. The molecule has 0 aliphatic carbocycles. The van der Waals surface area contributed by atoms with Crippen LogP contribution in [0, 0.1) is 10.8 Å². The van der Waals surface area contributed by atoms with Crippen LogP contribution in [-0.2, 0) is 9.59 Å². The molecule has 7 N–H and O–H groups in total. The van der Waals surface area contributed by atoms with Crippen LogP contribution in [0.4, 0.5) is 43.4 Å². The number of amides is 1. The van der Waals surface area contributed by atoms with Gasteiger partial charge in [-0.15, -0.1) is 0 Å². The highest BCUT2D eigenvalue weighted by molar-refractivity contribution is 6.07. The van der Waals surface area contributed by atoms with Crippen molar-refractivity contribution >= 4 is 46.6 Å². The molecule has 0 aliphatic rings. The number of carboxylic acids is 2. The number of nitrogens with zero attached hydrogens (tertiary/aromatic N) is 2. The number of pyridine rings is 2. The lowest BCUT2D eigenvalue weighted by Gasteiger charge is -2.10. The van der Waals surface area contributed by atoms with Gasteiger partial charge in [-0.25, -0.2) is 9.59 Å². The number of hydrogen-bond donors (Lipinski definition) is 7. The lowest BCUT2D eigenvalue weighted by Crippen LogP contribution is -2.21. The van der Waals surface area contributed by atoms with Crippen LogP contribution in [0.15, 0.2) is 97.3 Å². The number of benzene rings is 2. The number of carboxylic acid groups (broad SMARTS) is 2. The highest BCUT2D eigenvalue weighted by Gasteiger charge is 2.38. The third kappa shape index (κ3) is 13.1. The van der Waals surface area contributed by atoms with E-state index in [2.05, 4.69) is 25.9 Å². The number of aromatic nitrogens is 2. The molecule has 1 amide bonds. The predicted octanol–water partition coefficient (Wildman–Crippen LogP) is 5.87. The summed E-state index contributed by atoms with van der Waals surface area (Å²) in [6.45, 7) is 0. The van der Waals surface area contributed by atoms with Crippen molar-refractivity contribution in [2.24, 2.45) is 0 Å². The topological polar surface area (TPSA) is 201 Å². The van der Waals surface area contributed by atoms with Gasteiger partial charge in [0.2, 0.25) is 0 Å². The molecule has 4 rings (SSSR count). The quantitative estimate of drug-likeness (QED) is 0.0748. The molecule has 0 fully saturated rings. The number of carbonyl (C=O) groups is 3. The van der Waals surface area contributed by atoms with Gasteiger partial charge in [0.05, 0.1) is 0 Å². The zero-order valence-corrected chi connectivity index (χ0v) is 23.5. The summed E-state index contributed by atoms with van der Waals surface area (Å²) in [6, 6.07) is 24.7. The Morgan fingerprint density at radius 2 is 0.872 bits per heavy atom. The molecule has 18 heteroatoms. The van der Waals surface area contributed by atoms with E-state index in [0.717, 1.165) is 5.69 Å². The SMILES string of the molecule is N=C(Nc1ccc(NC(=O)c2ccc(NC(=N)c3ccccn3)cc2)cc1)c1ccccn1.O=C(O)C(F)(F)F.O=C(O)C(F)(F)F. The summed E-state index contributed by atoms with van der Waals surface area (Å²) in [5, 5.41) is 39.2. The van der Waals surface area contributed by atoms with Crippen LogP contribution in [0.3, 0.4) is 0 Å². The second-order valence-electron chi connectivity index (χ2n) is 8.64. The van der Waals surface area contributed by atoms with Crippen molar-refractivity contribution in [2.75, 3.05) is 16.0 Å². The molecule has 0 atom stereocenters. The lowest BCUT2D eigenvalue weighted by molar-refractivity contribution is -0.193.